The Kier molecular flexibility index (Phi) is 3.96. The largest absolute Gasteiger partial charge is 0.384 e. The zero-order chi connectivity index (χ0) is 14.7. The molecule has 2 N–H and O–H groups in total. The molecule has 110 valence electrons. The van der Waals surface area contributed by atoms with E-state index in [9.17, 15) is 10.1 Å². The van der Waals surface area contributed by atoms with Crippen molar-refractivity contribution in [2.24, 2.45) is 0 Å². The van der Waals surface area contributed by atoms with Crippen molar-refractivity contribution in [3.8, 4) is 0 Å². The number of nitro benzene ring substituents is 1. The highest BCUT2D eigenvalue weighted by molar-refractivity contribution is 5.96. The van der Waals surface area contributed by atoms with E-state index >= 15 is 0 Å². The van der Waals surface area contributed by atoms with Gasteiger partial charge < -0.3 is 10.6 Å². The van der Waals surface area contributed by atoms with E-state index < -0.39 is 0 Å². The monoisotopic (exact) mass is 286 g/mol. The lowest BCUT2D eigenvalue weighted by atomic mass is 10.1. The second-order valence-corrected chi connectivity index (χ2v) is 5.30. The summed E-state index contributed by atoms with van der Waals surface area (Å²) in [5.74, 6) is 0. The van der Waals surface area contributed by atoms with E-state index in [1.165, 1.54) is 18.9 Å². The molecular weight excluding hydrogens is 268 g/mol. The van der Waals surface area contributed by atoms with Crippen molar-refractivity contribution in [2.75, 3.05) is 18.4 Å². The quantitative estimate of drug-likeness (QED) is 0.652. The van der Waals surface area contributed by atoms with Gasteiger partial charge in [-0.25, -0.2) is 4.98 Å². The molecule has 6 heteroatoms. The normalized spacial score (nSPS) is 18.0. The molecule has 1 aromatic carbocycles. The molecule has 0 amide bonds. The summed E-state index contributed by atoms with van der Waals surface area (Å²) in [6, 6.07) is 7.51. The van der Waals surface area contributed by atoms with Crippen LogP contribution in [0, 0.1) is 10.1 Å². The van der Waals surface area contributed by atoms with Crippen LogP contribution in [0.1, 0.15) is 19.3 Å². The summed E-state index contributed by atoms with van der Waals surface area (Å²) >= 11 is 0. The average Bonchev–Trinajstić information content (AvgIpc) is 3.00. The van der Waals surface area contributed by atoms with Crippen LogP contribution >= 0.6 is 0 Å². The van der Waals surface area contributed by atoms with E-state index in [-0.39, 0.29) is 10.6 Å². The molecule has 6 nitrogen and oxygen atoms in total. The minimum atomic E-state index is -0.387. The number of pyridine rings is 1. The fourth-order valence-corrected chi connectivity index (χ4v) is 2.85. The first kappa shape index (κ1) is 13.8. The number of benzene rings is 1. The molecule has 0 bridgehead atoms. The second kappa shape index (κ2) is 6.05. The average molecular weight is 286 g/mol. The number of hydrogen-bond donors (Lipinski definition) is 2. The van der Waals surface area contributed by atoms with Crippen molar-refractivity contribution in [3.63, 3.8) is 0 Å². The maximum absolute atomic E-state index is 11.1. The Morgan fingerprint density at radius 3 is 3.10 bits per heavy atom. The lowest BCUT2D eigenvalue weighted by molar-refractivity contribution is -0.383. The predicted octanol–water partition coefficient (Wildman–Crippen LogP) is 2.70. The van der Waals surface area contributed by atoms with E-state index in [0.717, 1.165) is 30.6 Å². The third kappa shape index (κ3) is 2.95. The van der Waals surface area contributed by atoms with E-state index in [2.05, 4.69) is 15.6 Å². The third-order valence-electron chi connectivity index (χ3n) is 3.92. The lowest BCUT2D eigenvalue weighted by Gasteiger charge is -2.13. The molecule has 1 aliphatic heterocycles. The van der Waals surface area contributed by atoms with Crippen molar-refractivity contribution >= 4 is 22.3 Å². The number of rotatable bonds is 5. The van der Waals surface area contributed by atoms with Crippen LogP contribution in [-0.2, 0) is 0 Å². The van der Waals surface area contributed by atoms with Gasteiger partial charge in [-0.1, -0.05) is 12.1 Å². The number of para-hydroxylation sites is 1. The van der Waals surface area contributed by atoms with Crippen LogP contribution in [0.4, 0.5) is 11.4 Å². The highest BCUT2D eigenvalue weighted by atomic mass is 16.6. The molecule has 1 fully saturated rings. The Morgan fingerprint density at radius 2 is 2.33 bits per heavy atom. The fraction of sp³-hybridized carbons (Fsp3) is 0.400. The van der Waals surface area contributed by atoms with Gasteiger partial charge in [-0.05, 0) is 31.9 Å². The molecule has 2 aromatic rings. The zero-order valence-corrected chi connectivity index (χ0v) is 11.7. The van der Waals surface area contributed by atoms with Gasteiger partial charge in [-0.2, -0.15) is 0 Å². The highest BCUT2D eigenvalue weighted by Crippen LogP contribution is 2.28. The maximum atomic E-state index is 11.1. The molecule has 1 atom stereocenters. The molecule has 21 heavy (non-hydrogen) atoms. The Labute approximate surface area is 122 Å². The van der Waals surface area contributed by atoms with Crippen molar-refractivity contribution in [3.05, 3.63) is 40.6 Å². The molecule has 1 unspecified atom stereocenters. The number of aromatic nitrogens is 1. The molecule has 2 heterocycles. The van der Waals surface area contributed by atoms with Crippen LogP contribution in [0.15, 0.2) is 30.5 Å². The topological polar surface area (TPSA) is 80.1 Å². The highest BCUT2D eigenvalue weighted by Gasteiger charge is 2.15. The van der Waals surface area contributed by atoms with Gasteiger partial charge in [0.1, 0.15) is 5.52 Å². The van der Waals surface area contributed by atoms with Gasteiger partial charge in [0.2, 0.25) is 0 Å². The third-order valence-corrected chi connectivity index (χ3v) is 3.92. The minimum Gasteiger partial charge on any atom is -0.384 e. The van der Waals surface area contributed by atoms with Crippen LogP contribution in [0.25, 0.3) is 10.9 Å². The summed E-state index contributed by atoms with van der Waals surface area (Å²) in [6.07, 6.45) is 5.14. The smallest absolute Gasteiger partial charge is 0.295 e. The molecule has 0 aliphatic carbocycles. The van der Waals surface area contributed by atoms with Gasteiger partial charge in [0.05, 0.1) is 4.92 Å². The van der Waals surface area contributed by atoms with Gasteiger partial charge in [0.25, 0.3) is 5.69 Å². The molecule has 0 radical (unpaired) electrons. The maximum Gasteiger partial charge on any atom is 0.295 e. The number of non-ortho nitro benzene ring substituents is 1. The summed E-state index contributed by atoms with van der Waals surface area (Å²) in [5.41, 5.74) is 1.39. The summed E-state index contributed by atoms with van der Waals surface area (Å²) in [4.78, 5) is 14.8. The van der Waals surface area contributed by atoms with Crippen LogP contribution in [-0.4, -0.2) is 29.0 Å². The zero-order valence-electron chi connectivity index (χ0n) is 11.7. The van der Waals surface area contributed by atoms with Crippen molar-refractivity contribution in [1.82, 2.24) is 10.3 Å². The Hall–Kier alpha value is -2.21. The fourth-order valence-electron chi connectivity index (χ4n) is 2.85. The Balaban J connectivity index is 1.78. The van der Waals surface area contributed by atoms with Crippen LogP contribution < -0.4 is 10.6 Å². The van der Waals surface area contributed by atoms with E-state index in [1.807, 2.05) is 12.1 Å². The molecule has 1 aliphatic rings. The van der Waals surface area contributed by atoms with E-state index in [4.69, 9.17) is 0 Å². The number of nitrogens with one attached hydrogen (secondary N) is 2. The van der Waals surface area contributed by atoms with Crippen molar-refractivity contribution in [1.29, 1.82) is 0 Å². The van der Waals surface area contributed by atoms with Crippen LogP contribution in [0.5, 0.6) is 0 Å². The summed E-state index contributed by atoms with van der Waals surface area (Å²) in [7, 11) is 0. The number of fused-ring (bicyclic) bond motifs is 1. The molecule has 1 aromatic heterocycles. The summed E-state index contributed by atoms with van der Waals surface area (Å²) < 4.78 is 0. The number of nitrogens with zero attached hydrogens (tertiary/aromatic N) is 2. The van der Waals surface area contributed by atoms with E-state index in [0.29, 0.717) is 11.6 Å². The molecule has 0 spiro atoms. The minimum absolute atomic E-state index is 0.0496. The number of hydrogen-bond acceptors (Lipinski definition) is 5. The van der Waals surface area contributed by atoms with Gasteiger partial charge in [-0.15, -0.1) is 0 Å². The van der Waals surface area contributed by atoms with Gasteiger partial charge >= 0.3 is 0 Å². The first-order valence-corrected chi connectivity index (χ1v) is 7.25. The first-order valence-electron chi connectivity index (χ1n) is 7.25. The van der Waals surface area contributed by atoms with Crippen molar-refractivity contribution < 1.29 is 4.92 Å². The lowest BCUT2D eigenvalue weighted by Crippen LogP contribution is -2.24. The predicted molar refractivity (Wildman–Crippen MR) is 82.5 cm³/mol. The summed E-state index contributed by atoms with van der Waals surface area (Å²) in [5, 5.41) is 18.7. The SMILES string of the molecule is O=[N+]([O-])c1cccc2c(NCCC3CCCN3)ccnc12. The van der Waals surface area contributed by atoms with Gasteiger partial charge in [0.15, 0.2) is 0 Å². The molecule has 0 saturated carbocycles. The van der Waals surface area contributed by atoms with Crippen LogP contribution in [0.3, 0.4) is 0 Å². The standard InChI is InChI=1S/C15H18N4O2/c20-19(21)14-5-1-4-12-13(7-10-18-15(12)14)17-9-6-11-3-2-8-16-11/h1,4-5,7,10-11,16H,2-3,6,8-9H2,(H,17,18). The molecule has 1 saturated heterocycles. The molecule has 3 rings (SSSR count). The second-order valence-electron chi connectivity index (χ2n) is 5.30. The Bertz CT molecular complexity index is 653. The summed E-state index contributed by atoms with van der Waals surface area (Å²) in [6.45, 7) is 1.95. The first-order chi connectivity index (χ1) is 10.3. The van der Waals surface area contributed by atoms with Crippen molar-refractivity contribution in [2.45, 2.75) is 25.3 Å². The molecular formula is C15H18N4O2. The number of anilines is 1. The Morgan fingerprint density at radius 1 is 1.43 bits per heavy atom. The van der Waals surface area contributed by atoms with Crippen LogP contribution in [0.2, 0.25) is 0 Å². The number of nitro groups is 1. The van der Waals surface area contributed by atoms with Gasteiger partial charge in [-0.3, -0.25) is 10.1 Å². The van der Waals surface area contributed by atoms with Gasteiger partial charge in [0, 0.05) is 35.9 Å². The van der Waals surface area contributed by atoms with E-state index in [1.54, 1.807) is 12.3 Å².